The minimum absolute atomic E-state index is 0.185. The Morgan fingerprint density at radius 3 is 1.92 bits per heavy atom. The van der Waals surface area contributed by atoms with Gasteiger partial charge in [0.2, 0.25) is 0 Å². The molecule has 0 unspecified atom stereocenters. The summed E-state index contributed by atoms with van der Waals surface area (Å²) in [4.78, 5) is 15.3. The molecule has 0 heterocycles. The van der Waals surface area contributed by atoms with Crippen LogP contribution in [-0.2, 0) is 20.7 Å². The van der Waals surface area contributed by atoms with Crippen molar-refractivity contribution in [2.75, 3.05) is 40.5 Å². The van der Waals surface area contributed by atoms with Crippen LogP contribution in [0, 0.1) is 0 Å². The van der Waals surface area contributed by atoms with Crippen LogP contribution in [-0.4, -0.2) is 51.2 Å². The van der Waals surface area contributed by atoms with E-state index in [1.54, 1.807) is 14.2 Å². The van der Waals surface area contributed by atoms with Gasteiger partial charge in [-0.25, -0.2) is 0 Å². The van der Waals surface area contributed by atoms with Gasteiger partial charge in [0.05, 0.1) is 19.3 Å². The molecule has 0 bridgehead atoms. The Kier molecular flexibility index (Phi) is 8.32. The van der Waals surface area contributed by atoms with E-state index in [4.69, 9.17) is 9.47 Å². The number of nitrogens with zero attached hydrogens (tertiary/aromatic N) is 1. The van der Waals surface area contributed by atoms with Crippen LogP contribution in [0.4, 0.5) is 0 Å². The van der Waals surface area contributed by atoms with Crippen LogP contribution in [0.1, 0.15) is 17.2 Å². The number of methoxy groups -OCH3 is 2. The van der Waals surface area contributed by atoms with Gasteiger partial charge in [0.25, 0.3) is 0 Å². The maximum atomic E-state index is 13.2. The number of hydrogen-bond acceptors (Lipinski definition) is 4. The van der Waals surface area contributed by atoms with Crippen LogP contribution in [0.5, 0.6) is 0 Å². The molecule has 2 aromatic carbocycles. The Morgan fingerprint density at radius 1 is 0.880 bits per heavy atom. The van der Waals surface area contributed by atoms with Crippen molar-refractivity contribution in [3.05, 3.63) is 71.8 Å². The zero-order chi connectivity index (χ0) is 17.9. The summed E-state index contributed by atoms with van der Waals surface area (Å²) >= 11 is 0. The second-order valence-corrected chi connectivity index (χ2v) is 5.96. The molecule has 25 heavy (non-hydrogen) atoms. The molecule has 0 spiro atoms. The molecule has 4 heteroatoms. The number of benzene rings is 2. The molecule has 0 N–H and O–H groups in total. The molecule has 0 radical (unpaired) electrons. The predicted molar refractivity (Wildman–Crippen MR) is 99.7 cm³/mol. The summed E-state index contributed by atoms with van der Waals surface area (Å²) in [5.74, 6) is 0.185. The molecular formula is C21H27NO3. The minimum atomic E-state index is -0.299. The van der Waals surface area contributed by atoms with Crippen molar-refractivity contribution in [3.8, 4) is 0 Å². The molecule has 2 aromatic rings. The first-order chi connectivity index (χ1) is 12.3. The average Bonchev–Trinajstić information content (AvgIpc) is 2.65. The number of hydrogen-bond donors (Lipinski definition) is 0. The van der Waals surface area contributed by atoms with Crippen molar-refractivity contribution < 1.29 is 14.3 Å². The molecule has 0 saturated carbocycles. The standard InChI is InChI=1S/C21H27NO3/c1-24-15-13-22(14-16-25-2)21(19-11-7-4-8-12-19)20(23)17-18-9-5-3-6-10-18/h3-12,21H,13-17H2,1-2H3/t21-/m0/s1. The molecule has 2 rings (SSSR count). The smallest absolute Gasteiger partial charge is 0.158 e. The lowest BCUT2D eigenvalue weighted by Crippen LogP contribution is -2.39. The summed E-state index contributed by atoms with van der Waals surface area (Å²) in [6.07, 6.45) is 0.414. The third-order valence-corrected chi connectivity index (χ3v) is 4.17. The average molecular weight is 341 g/mol. The van der Waals surface area contributed by atoms with Crippen molar-refractivity contribution in [3.63, 3.8) is 0 Å². The summed E-state index contributed by atoms with van der Waals surface area (Å²) in [7, 11) is 3.36. The number of Topliss-reactive ketones (excluding diaryl/α,β-unsaturated/α-hetero) is 1. The third-order valence-electron chi connectivity index (χ3n) is 4.17. The number of carbonyl (C=O) groups is 1. The van der Waals surface area contributed by atoms with Gasteiger partial charge in [-0.3, -0.25) is 9.69 Å². The second kappa shape index (κ2) is 10.8. The molecule has 0 fully saturated rings. The molecule has 4 nitrogen and oxygen atoms in total. The first-order valence-corrected chi connectivity index (χ1v) is 8.59. The lowest BCUT2D eigenvalue weighted by Gasteiger charge is -2.31. The predicted octanol–water partition coefficient (Wildman–Crippen LogP) is 3.13. The highest BCUT2D eigenvalue weighted by atomic mass is 16.5. The zero-order valence-electron chi connectivity index (χ0n) is 15.1. The molecule has 134 valence electrons. The molecule has 1 atom stereocenters. The Labute approximate surface area is 150 Å². The van der Waals surface area contributed by atoms with Gasteiger partial charge in [0, 0.05) is 33.7 Å². The van der Waals surface area contributed by atoms with Crippen molar-refractivity contribution in [1.29, 1.82) is 0 Å². The van der Waals surface area contributed by atoms with E-state index < -0.39 is 0 Å². The summed E-state index contributed by atoms with van der Waals surface area (Å²) < 4.78 is 10.5. The topological polar surface area (TPSA) is 38.8 Å². The van der Waals surface area contributed by atoms with Gasteiger partial charge in [0.15, 0.2) is 5.78 Å². The fraction of sp³-hybridized carbons (Fsp3) is 0.381. The van der Waals surface area contributed by atoms with E-state index in [9.17, 15) is 4.79 Å². The van der Waals surface area contributed by atoms with Gasteiger partial charge in [0.1, 0.15) is 0 Å². The van der Waals surface area contributed by atoms with E-state index in [2.05, 4.69) is 4.90 Å². The second-order valence-electron chi connectivity index (χ2n) is 5.96. The molecule has 0 aliphatic rings. The number of ether oxygens (including phenoxy) is 2. The Bertz CT molecular complexity index is 608. The fourth-order valence-electron chi connectivity index (χ4n) is 2.92. The van der Waals surface area contributed by atoms with Gasteiger partial charge in [-0.15, -0.1) is 0 Å². The summed E-state index contributed by atoms with van der Waals surface area (Å²) in [5.41, 5.74) is 2.04. The maximum absolute atomic E-state index is 13.2. The van der Waals surface area contributed by atoms with Crippen molar-refractivity contribution in [2.45, 2.75) is 12.5 Å². The van der Waals surface area contributed by atoms with Crippen molar-refractivity contribution >= 4 is 5.78 Å². The van der Waals surface area contributed by atoms with Crippen LogP contribution < -0.4 is 0 Å². The number of rotatable bonds is 11. The van der Waals surface area contributed by atoms with Gasteiger partial charge in [-0.1, -0.05) is 60.7 Å². The molecule has 0 aliphatic heterocycles. The SMILES string of the molecule is COCCN(CCOC)[C@H](C(=O)Cc1ccccc1)c1ccccc1. The van der Waals surface area contributed by atoms with Crippen molar-refractivity contribution in [2.24, 2.45) is 0 Å². The van der Waals surface area contributed by atoms with Crippen LogP contribution in [0.25, 0.3) is 0 Å². The lowest BCUT2D eigenvalue weighted by atomic mass is 9.96. The highest BCUT2D eigenvalue weighted by molar-refractivity contribution is 5.87. The van der Waals surface area contributed by atoms with E-state index in [1.165, 1.54) is 0 Å². The zero-order valence-corrected chi connectivity index (χ0v) is 15.1. The molecule has 0 aliphatic carbocycles. The highest BCUT2D eigenvalue weighted by Gasteiger charge is 2.27. The Balaban J connectivity index is 2.25. The lowest BCUT2D eigenvalue weighted by molar-refractivity contribution is -0.124. The molecule has 0 amide bonds. The van der Waals surface area contributed by atoms with Crippen LogP contribution in [0.15, 0.2) is 60.7 Å². The Hall–Kier alpha value is -2.01. The fourth-order valence-corrected chi connectivity index (χ4v) is 2.92. The Morgan fingerprint density at radius 2 is 1.40 bits per heavy atom. The largest absolute Gasteiger partial charge is 0.383 e. The third kappa shape index (κ3) is 6.09. The van der Waals surface area contributed by atoms with Gasteiger partial charge >= 0.3 is 0 Å². The summed E-state index contributed by atoms with van der Waals surface area (Å²) in [6.45, 7) is 2.51. The first kappa shape index (κ1) is 19.3. The van der Waals surface area contributed by atoms with E-state index in [-0.39, 0.29) is 11.8 Å². The van der Waals surface area contributed by atoms with Gasteiger partial charge < -0.3 is 9.47 Å². The highest BCUT2D eigenvalue weighted by Crippen LogP contribution is 2.23. The first-order valence-electron chi connectivity index (χ1n) is 8.59. The van der Waals surface area contributed by atoms with Crippen LogP contribution >= 0.6 is 0 Å². The monoisotopic (exact) mass is 341 g/mol. The van der Waals surface area contributed by atoms with E-state index in [0.717, 1.165) is 11.1 Å². The summed E-state index contributed by atoms with van der Waals surface area (Å²) in [6, 6.07) is 19.5. The van der Waals surface area contributed by atoms with Crippen LogP contribution in [0.2, 0.25) is 0 Å². The molecule has 0 saturated heterocycles. The van der Waals surface area contributed by atoms with Gasteiger partial charge in [-0.2, -0.15) is 0 Å². The maximum Gasteiger partial charge on any atom is 0.158 e. The molecule has 0 aromatic heterocycles. The van der Waals surface area contributed by atoms with E-state index in [1.807, 2.05) is 60.7 Å². The minimum Gasteiger partial charge on any atom is -0.383 e. The molecular weight excluding hydrogens is 314 g/mol. The quantitative estimate of drug-likeness (QED) is 0.629. The van der Waals surface area contributed by atoms with E-state index >= 15 is 0 Å². The van der Waals surface area contributed by atoms with E-state index in [0.29, 0.717) is 32.7 Å². The summed E-state index contributed by atoms with van der Waals surface area (Å²) in [5, 5.41) is 0. The normalized spacial score (nSPS) is 12.3. The van der Waals surface area contributed by atoms with Gasteiger partial charge in [-0.05, 0) is 11.1 Å². The van der Waals surface area contributed by atoms with Crippen molar-refractivity contribution in [1.82, 2.24) is 4.90 Å². The van der Waals surface area contributed by atoms with Crippen LogP contribution in [0.3, 0.4) is 0 Å². The number of ketones is 1. The number of carbonyl (C=O) groups excluding carboxylic acids is 1.